The third-order valence-corrected chi connectivity index (χ3v) is 2.63. The van der Waals surface area contributed by atoms with Crippen molar-refractivity contribution in [3.05, 3.63) is 34.2 Å². The van der Waals surface area contributed by atoms with Crippen LogP contribution in [0.5, 0.6) is 0 Å². The molecule has 0 amide bonds. The van der Waals surface area contributed by atoms with E-state index in [1.165, 1.54) is 0 Å². The van der Waals surface area contributed by atoms with Gasteiger partial charge in [-0.1, -0.05) is 0 Å². The van der Waals surface area contributed by atoms with Gasteiger partial charge in [-0.25, -0.2) is 0 Å². The smallest absolute Gasteiger partial charge is 0.250 e. The maximum absolute atomic E-state index is 11.5. The van der Waals surface area contributed by atoms with Crippen LogP contribution in [0.15, 0.2) is 23.1 Å². The number of aromatic nitrogens is 1. The van der Waals surface area contributed by atoms with E-state index in [2.05, 4.69) is 0 Å². The van der Waals surface area contributed by atoms with Gasteiger partial charge in [-0.05, 0) is 25.0 Å². The molecular weight excluding hydrogens is 178 g/mol. The van der Waals surface area contributed by atoms with Crippen molar-refractivity contribution in [2.24, 2.45) is 5.92 Å². The molecule has 1 aromatic rings. The molecule has 3 nitrogen and oxygen atoms in total. The molecule has 0 aliphatic carbocycles. The first-order chi connectivity index (χ1) is 6.75. The van der Waals surface area contributed by atoms with E-state index < -0.39 is 0 Å². The fraction of sp³-hybridized carbons (Fsp3) is 0.545. The van der Waals surface area contributed by atoms with Crippen LogP contribution >= 0.6 is 0 Å². The second-order valence-corrected chi connectivity index (χ2v) is 3.92. The van der Waals surface area contributed by atoms with Crippen LogP contribution in [0.25, 0.3) is 0 Å². The normalized spacial score (nSPS) is 21.4. The van der Waals surface area contributed by atoms with E-state index in [-0.39, 0.29) is 5.56 Å². The van der Waals surface area contributed by atoms with Gasteiger partial charge in [0.25, 0.3) is 5.56 Å². The minimum absolute atomic E-state index is 0.0944. The molecule has 0 aromatic carbocycles. The highest BCUT2D eigenvalue weighted by Crippen LogP contribution is 2.13. The summed E-state index contributed by atoms with van der Waals surface area (Å²) in [6.07, 6.45) is 2.94. The summed E-state index contributed by atoms with van der Waals surface area (Å²) in [6.45, 7) is 4.36. The number of ether oxygens (including phenoxy) is 1. The molecule has 2 heterocycles. The Morgan fingerprint density at radius 3 is 3.14 bits per heavy atom. The van der Waals surface area contributed by atoms with E-state index in [1.807, 2.05) is 19.2 Å². The van der Waals surface area contributed by atoms with Crippen LogP contribution in [-0.4, -0.2) is 17.8 Å². The van der Waals surface area contributed by atoms with Crippen molar-refractivity contribution in [2.45, 2.75) is 19.9 Å². The van der Waals surface area contributed by atoms with Crippen molar-refractivity contribution in [2.75, 3.05) is 13.2 Å². The van der Waals surface area contributed by atoms with E-state index in [0.717, 1.165) is 31.7 Å². The molecule has 2 rings (SSSR count). The Labute approximate surface area is 83.3 Å². The molecule has 0 radical (unpaired) electrons. The third kappa shape index (κ3) is 2.04. The first-order valence-electron chi connectivity index (χ1n) is 5.00. The van der Waals surface area contributed by atoms with Crippen LogP contribution in [0.1, 0.15) is 12.0 Å². The maximum atomic E-state index is 11.5. The van der Waals surface area contributed by atoms with Gasteiger partial charge in [0.15, 0.2) is 0 Å². The van der Waals surface area contributed by atoms with Crippen LogP contribution in [0, 0.1) is 12.8 Å². The molecule has 1 saturated heterocycles. The van der Waals surface area contributed by atoms with Crippen molar-refractivity contribution in [1.82, 2.24) is 4.57 Å². The maximum Gasteiger partial charge on any atom is 0.250 e. The van der Waals surface area contributed by atoms with Gasteiger partial charge in [0.05, 0.1) is 6.61 Å². The van der Waals surface area contributed by atoms with Gasteiger partial charge in [-0.15, -0.1) is 0 Å². The lowest BCUT2D eigenvalue weighted by Crippen LogP contribution is -2.23. The van der Waals surface area contributed by atoms with Crippen molar-refractivity contribution >= 4 is 0 Å². The first kappa shape index (κ1) is 9.46. The summed E-state index contributed by atoms with van der Waals surface area (Å²) >= 11 is 0. The van der Waals surface area contributed by atoms with Crippen LogP contribution in [-0.2, 0) is 11.3 Å². The van der Waals surface area contributed by atoms with Gasteiger partial charge in [0.2, 0.25) is 0 Å². The van der Waals surface area contributed by atoms with Crippen molar-refractivity contribution in [1.29, 1.82) is 0 Å². The third-order valence-electron chi connectivity index (χ3n) is 2.63. The van der Waals surface area contributed by atoms with Crippen molar-refractivity contribution in [3.63, 3.8) is 0 Å². The highest BCUT2D eigenvalue weighted by atomic mass is 16.5. The molecule has 1 aliphatic heterocycles. The molecule has 76 valence electrons. The molecule has 0 saturated carbocycles. The monoisotopic (exact) mass is 193 g/mol. The van der Waals surface area contributed by atoms with E-state index >= 15 is 0 Å². The molecule has 1 aromatic heterocycles. The molecule has 1 atom stereocenters. The Morgan fingerprint density at radius 2 is 2.50 bits per heavy atom. The summed E-state index contributed by atoms with van der Waals surface area (Å²) in [5.41, 5.74) is 1.12. The fourth-order valence-electron chi connectivity index (χ4n) is 1.76. The lowest BCUT2D eigenvalue weighted by molar-refractivity contribution is 0.182. The predicted molar refractivity (Wildman–Crippen MR) is 54.4 cm³/mol. The van der Waals surface area contributed by atoms with Gasteiger partial charge in [0, 0.05) is 31.3 Å². The average Bonchev–Trinajstić information content (AvgIpc) is 2.62. The number of hydrogen-bond acceptors (Lipinski definition) is 2. The van der Waals surface area contributed by atoms with E-state index in [4.69, 9.17) is 4.74 Å². The Hall–Kier alpha value is -1.09. The number of nitrogens with zero attached hydrogens (tertiary/aromatic N) is 1. The summed E-state index contributed by atoms with van der Waals surface area (Å²) in [4.78, 5) is 11.5. The zero-order chi connectivity index (χ0) is 9.97. The Balaban J connectivity index is 2.12. The molecule has 0 N–H and O–H groups in total. The van der Waals surface area contributed by atoms with E-state index in [1.54, 1.807) is 10.6 Å². The fourth-order valence-corrected chi connectivity index (χ4v) is 1.76. The number of rotatable bonds is 2. The van der Waals surface area contributed by atoms with Crippen LogP contribution < -0.4 is 5.56 Å². The van der Waals surface area contributed by atoms with Crippen LogP contribution in [0.4, 0.5) is 0 Å². The summed E-state index contributed by atoms with van der Waals surface area (Å²) in [5, 5.41) is 0. The molecule has 3 heteroatoms. The van der Waals surface area contributed by atoms with Gasteiger partial charge in [-0.3, -0.25) is 4.79 Å². The minimum atomic E-state index is 0.0944. The van der Waals surface area contributed by atoms with Gasteiger partial charge in [-0.2, -0.15) is 0 Å². The Kier molecular flexibility index (Phi) is 2.68. The van der Waals surface area contributed by atoms with Crippen molar-refractivity contribution in [3.8, 4) is 0 Å². The predicted octanol–water partition coefficient (Wildman–Crippen LogP) is 1.19. The van der Waals surface area contributed by atoms with Gasteiger partial charge < -0.3 is 9.30 Å². The van der Waals surface area contributed by atoms with E-state index in [0.29, 0.717) is 5.92 Å². The summed E-state index contributed by atoms with van der Waals surface area (Å²) in [6, 6.07) is 3.65. The lowest BCUT2D eigenvalue weighted by Gasteiger charge is -2.10. The number of hydrogen-bond donors (Lipinski definition) is 0. The van der Waals surface area contributed by atoms with Gasteiger partial charge in [0.1, 0.15) is 0 Å². The highest BCUT2D eigenvalue weighted by Gasteiger charge is 2.16. The SMILES string of the molecule is Cc1ccn(CC2CCOC2)c(=O)c1. The Morgan fingerprint density at radius 1 is 1.64 bits per heavy atom. The molecule has 1 fully saturated rings. The summed E-state index contributed by atoms with van der Waals surface area (Å²) in [7, 11) is 0. The zero-order valence-electron chi connectivity index (χ0n) is 8.40. The second-order valence-electron chi connectivity index (χ2n) is 3.92. The Bertz CT molecular complexity index is 364. The molecule has 0 spiro atoms. The zero-order valence-corrected chi connectivity index (χ0v) is 8.40. The van der Waals surface area contributed by atoms with Crippen molar-refractivity contribution < 1.29 is 4.74 Å². The van der Waals surface area contributed by atoms with Crippen LogP contribution in [0.2, 0.25) is 0 Å². The molecule has 1 aliphatic rings. The highest BCUT2D eigenvalue weighted by molar-refractivity contribution is 5.08. The standard InChI is InChI=1S/C11H15NO2/c1-9-2-4-12(11(13)6-9)7-10-3-5-14-8-10/h2,4,6,10H,3,5,7-8H2,1H3. The topological polar surface area (TPSA) is 31.2 Å². The lowest BCUT2D eigenvalue weighted by atomic mass is 10.1. The van der Waals surface area contributed by atoms with Gasteiger partial charge >= 0.3 is 0 Å². The van der Waals surface area contributed by atoms with E-state index in [9.17, 15) is 4.79 Å². The minimum Gasteiger partial charge on any atom is -0.381 e. The van der Waals surface area contributed by atoms with Crippen LogP contribution in [0.3, 0.4) is 0 Å². The average molecular weight is 193 g/mol. The molecular formula is C11H15NO2. The molecule has 1 unspecified atom stereocenters. The quantitative estimate of drug-likeness (QED) is 0.706. The first-order valence-corrected chi connectivity index (χ1v) is 5.00. The second kappa shape index (κ2) is 3.96. The molecule has 0 bridgehead atoms. The summed E-state index contributed by atoms with van der Waals surface area (Å²) < 4.78 is 7.05. The molecule has 14 heavy (non-hydrogen) atoms. The number of pyridine rings is 1. The largest absolute Gasteiger partial charge is 0.381 e. The summed E-state index contributed by atoms with van der Waals surface area (Å²) in [5.74, 6) is 0.510. The number of aryl methyl sites for hydroxylation is 1.